The Kier molecular flexibility index (Phi) is 6.02. The van der Waals surface area contributed by atoms with Crippen molar-refractivity contribution < 1.29 is 14.6 Å². The molecule has 112 valence electrons. The molecule has 0 fully saturated rings. The number of pyridine rings is 1. The maximum Gasteiger partial charge on any atom is 0.175 e. The highest BCUT2D eigenvalue weighted by Gasteiger charge is 2.12. The maximum absolute atomic E-state index is 9.25. The van der Waals surface area contributed by atoms with E-state index in [1.807, 2.05) is 19.1 Å². The van der Waals surface area contributed by atoms with Crippen molar-refractivity contribution in [1.29, 1.82) is 0 Å². The van der Waals surface area contributed by atoms with E-state index in [9.17, 15) is 5.11 Å². The van der Waals surface area contributed by atoms with Crippen molar-refractivity contribution in [3.05, 3.63) is 50.7 Å². The highest BCUT2D eigenvalue weighted by Crippen LogP contribution is 2.37. The quantitative estimate of drug-likeness (QED) is 0.770. The van der Waals surface area contributed by atoms with Gasteiger partial charge in [-0.05, 0) is 62.5 Å². The van der Waals surface area contributed by atoms with Crippen molar-refractivity contribution in [2.75, 3.05) is 6.61 Å². The van der Waals surface area contributed by atoms with Gasteiger partial charge in [-0.15, -0.1) is 0 Å². The molecular weight excluding hydrogens is 402 g/mol. The van der Waals surface area contributed by atoms with Crippen LogP contribution in [0, 0.1) is 0 Å². The normalized spacial score (nSPS) is 10.5. The number of benzene rings is 1. The van der Waals surface area contributed by atoms with Gasteiger partial charge in [-0.2, -0.15) is 0 Å². The van der Waals surface area contributed by atoms with E-state index in [1.165, 1.54) is 0 Å². The molecule has 0 radical (unpaired) electrons. The molecule has 1 N–H and O–H groups in total. The van der Waals surface area contributed by atoms with E-state index in [1.54, 1.807) is 18.5 Å². The summed E-state index contributed by atoms with van der Waals surface area (Å²) in [5.41, 5.74) is 1.71. The van der Waals surface area contributed by atoms with Crippen LogP contribution >= 0.6 is 31.9 Å². The Morgan fingerprint density at radius 3 is 2.57 bits per heavy atom. The summed E-state index contributed by atoms with van der Waals surface area (Å²) < 4.78 is 13.1. The molecular formula is C15H15Br2NO3. The molecule has 4 nitrogen and oxygen atoms in total. The lowest BCUT2D eigenvalue weighted by atomic mass is 10.2. The molecule has 0 spiro atoms. The van der Waals surface area contributed by atoms with Gasteiger partial charge in [0.1, 0.15) is 6.61 Å². The molecule has 0 aliphatic heterocycles. The molecule has 0 amide bonds. The number of aromatic nitrogens is 1. The number of nitrogens with zero attached hydrogens (tertiary/aromatic N) is 1. The number of halogens is 2. The Balaban J connectivity index is 2.22. The van der Waals surface area contributed by atoms with Crippen LogP contribution in [0.3, 0.4) is 0 Å². The van der Waals surface area contributed by atoms with Crippen molar-refractivity contribution >= 4 is 31.9 Å². The largest absolute Gasteiger partial charge is 0.490 e. The van der Waals surface area contributed by atoms with Crippen molar-refractivity contribution in [3.8, 4) is 11.5 Å². The molecule has 0 aliphatic rings. The van der Waals surface area contributed by atoms with Gasteiger partial charge in [-0.3, -0.25) is 4.98 Å². The maximum atomic E-state index is 9.25. The molecule has 0 unspecified atom stereocenters. The third-order valence-electron chi connectivity index (χ3n) is 2.70. The summed E-state index contributed by atoms with van der Waals surface area (Å²) in [7, 11) is 0. The fourth-order valence-electron chi connectivity index (χ4n) is 1.81. The molecule has 0 saturated heterocycles. The van der Waals surface area contributed by atoms with E-state index >= 15 is 0 Å². The predicted molar refractivity (Wildman–Crippen MR) is 87.5 cm³/mol. The first-order chi connectivity index (χ1) is 10.1. The van der Waals surface area contributed by atoms with Crippen LogP contribution in [0.1, 0.15) is 18.1 Å². The molecule has 0 aliphatic carbocycles. The van der Waals surface area contributed by atoms with Gasteiger partial charge in [0.05, 0.1) is 17.7 Å². The minimum Gasteiger partial charge on any atom is -0.490 e. The average molecular weight is 417 g/mol. The molecule has 1 heterocycles. The lowest BCUT2D eigenvalue weighted by Gasteiger charge is -2.15. The van der Waals surface area contributed by atoms with Gasteiger partial charge in [-0.1, -0.05) is 0 Å². The second-order valence-electron chi connectivity index (χ2n) is 4.30. The van der Waals surface area contributed by atoms with Crippen molar-refractivity contribution in [3.63, 3.8) is 0 Å². The standard InChI is InChI=1S/C15H15Br2NO3/c1-2-20-14-5-10(8-19)4-13(17)15(14)21-9-11-3-12(16)7-18-6-11/h3-7,19H,2,8-9H2,1H3. The van der Waals surface area contributed by atoms with E-state index in [2.05, 4.69) is 36.8 Å². The smallest absolute Gasteiger partial charge is 0.175 e. The SMILES string of the molecule is CCOc1cc(CO)cc(Br)c1OCc1cncc(Br)c1. The second kappa shape index (κ2) is 7.77. The minimum atomic E-state index is -0.0471. The van der Waals surface area contributed by atoms with Gasteiger partial charge < -0.3 is 14.6 Å². The first kappa shape index (κ1) is 16.3. The summed E-state index contributed by atoms with van der Waals surface area (Å²) in [6, 6.07) is 5.54. The Morgan fingerprint density at radius 2 is 1.90 bits per heavy atom. The number of hydrogen-bond acceptors (Lipinski definition) is 4. The van der Waals surface area contributed by atoms with Crippen LogP contribution in [0.15, 0.2) is 39.5 Å². The van der Waals surface area contributed by atoms with Crippen LogP contribution < -0.4 is 9.47 Å². The Hall–Kier alpha value is -1.11. The summed E-state index contributed by atoms with van der Waals surface area (Å²) in [5.74, 6) is 1.23. The lowest BCUT2D eigenvalue weighted by Crippen LogP contribution is -2.02. The highest BCUT2D eigenvalue weighted by molar-refractivity contribution is 9.10. The zero-order chi connectivity index (χ0) is 15.2. The van der Waals surface area contributed by atoms with Gasteiger partial charge in [-0.25, -0.2) is 0 Å². The number of rotatable bonds is 6. The predicted octanol–water partition coefficient (Wildman–Crippen LogP) is 4.08. The van der Waals surface area contributed by atoms with E-state index in [4.69, 9.17) is 9.47 Å². The average Bonchev–Trinajstić information content (AvgIpc) is 2.46. The van der Waals surface area contributed by atoms with Crippen LogP contribution in [0.2, 0.25) is 0 Å². The van der Waals surface area contributed by atoms with Crippen LogP contribution in [0.5, 0.6) is 11.5 Å². The summed E-state index contributed by atoms with van der Waals surface area (Å²) in [4.78, 5) is 4.10. The number of aliphatic hydroxyl groups is 1. The minimum absolute atomic E-state index is 0.0471. The lowest BCUT2D eigenvalue weighted by molar-refractivity contribution is 0.262. The van der Waals surface area contributed by atoms with Crippen LogP contribution in [0.4, 0.5) is 0 Å². The van der Waals surface area contributed by atoms with Gasteiger partial charge in [0.15, 0.2) is 11.5 Å². The number of ether oxygens (including phenoxy) is 2. The molecule has 0 bridgehead atoms. The van der Waals surface area contributed by atoms with E-state index in [0.29, 0.717) is 24.7 Å². The van der Waals surface area contributed by atoms with Crippen LogP contribution in [0.25, 0.3) is 0 Å². The molecule has 1 aromatic carbocycles. The Labute approximate surface area is 140 Å². The Morgan fingerprint density at radius 1 is 1.10 bits per heavy atom. The third-order valence-corrected chi connectivity index (χ3v) is 3.72. The highest BCUT2D eigenvalue weighted by atomic mass is 79.9. The number of hydrogen-bond donors (Lipinski definition) is 1. The molecule has 6 heteroatoms. The first-order valence-electron chi connectivity index (χ1n) is 6.42. The zero-order valence-corrected chi connectivity index (χ0v) is 14.6. The molecule has 2 rings (SSSR count). The molecule has 21 heavy (non-hydrogen) atoms. The van der Waals surface area contributed by atoms with Crippen molar-refractivity contribution in [2.45, 2.75) is 20.1 Å². The van der Waals surface area contributed by atoms with Gasteiger partial charge in [0.2, 0.25) is 0 Å². The summed E-state index contributed by atoms with van der Waals surface area (Å²) in [6.07, 6.45) is 3.47. The van der Waals surface area contributed by atoms with Gasteiger partial charge in [0, 0.05) is 22.4 Å². The molecule has 1 aromatic heterocycles. The zero-order valence-electron chi connectivity index (χ0n) is 11.5. The first-order valence-corrected chi connectivity index (χ1v) is 8.01. The fourth-order valence-corrected chi connectivity index (χ4v) is 2.82. The summed E-state index contributed by atoms with van der Waals surface area (Å²) in [6.45, 7) is 2.76. The monoisotopic (exact) mass is 415 g/mol. The van der Waals surface area contributed by atoms with E-state index in [0.717, 1.165) is 20.1 Å². The number of aliphatic hydroxyl groups excluding tert-OH is 1. The van der Waals surface area contributed by atoms with Crippen LogP contribution in [-0.4, -0.2) is 16.7 Å². The summed E-state index contributed by atoms with van der Waals surface area (Å²) in [5, 5.41) is 9.25. The van der Waals surface area contributed by atoms with Gasteiger partial charge in [0.25, 0.3) is 0 Å². The third kappa shape index (κ3) is 4.43. The summed E-state index contributed by atoms with van der Waals surface area (Å²) >= 11 is 6.84. The second-order valence-corrected chi connectivity index (χ2v) is 6.07. The van der Waals surface area contributed by atoms with Crippen molar-refractivity contribution in [1.82, 2.24) is 4.98 Å². The van der Waals surface area contributed by atoms with E-state index < -0.39 is 0 Å². The van der Waals surface area contributed by atoms with E-state index in [-0.39, 0.29) is 6.61 Å². The molecule has 2 aromatic rings. The van der Waals surface area contributed by atoms with Crippen molar-refractivity contribution in [2.24, 2.45) is 0 Å². The van der Waals surface area contributed by atoms with Gasteiger partial charge >= 0.3 is 0 Å². The van der Waals surface area contributed by atoms with Crippen LogP contribution in [-0.2, 0) is 13.2 Å². The molecule has 0 atom stereocenters. The Bertz CT molecular complexity index is 620. The topological polar surface area (TPSA) is 51.6 Å². The molecule has 0 saturated carbocycles. The fraction of sp³-hybridized carbons (Fsp3) is 0.267.